The van der Waals surface area contributed by atoms with Crippen molar-refractivity contribution in [3.05, 3.63) is 53.4 Å². The predicted molar refractivity (Wildman–Crippen MR) is 130 cm³/mol. The minimum absolute atomic E-state index is 0.0294. The lowest BCUT2D eigenvalue weighted by Gasteiger charge is -2.38. The van der Waals surface area contributed by atoms with Gasteiger partial charge in [0.25, 0.3) is 5.78 Å². The molecule has 1 amide bonds. The first-order chi connectivity index (χ1) is 17.5. The lowest BCUT2D eigenvalue weighted by Crippen LogP contribution is -2.51. The van der Waals surface area contributed by atoms with E-state index in [9.17, 15) is 9.59 Å². The normalized spacial score (nSPS) is 19.0. The number of fused-ring (bicyclic) bond motifs is 2. The van der Waals surface area contributed by atoms with Gasteiger partial charge in [-0.3, -0.25) is 24.3 Å². The highest BCUT2D eigenvalue weighted by Gasteiger charge is 2.39. The minimum Gasteiger partial charge on any atom is -0.486 e. The number of anilines is 1. The van der Waals surface area contributed by atoms with E-state index < -0.39 is 11.7 Å². The number of benzene rings is 2. The second kappa shape index (κ2) is 9.03. The summed E-state index contributed by atoms with van der Waals surface area (Å²) in [6.45, 7) is 8.34. The number of ketones is 1. The van der Waals surface area contributed by atoms with Crippen molar-refractivity contribution >= 4 is 17.4 Å². The van der Waals surface area contributed by atoms with Crippen LogP contribution in [-0.2, 0) is 4.79 Å². The van der Waals surface area contributed by atoms with Gasteiger partial charge < -0.3 is 14.0 Å². The molecule has 3 aliphatic rings. The van der Waals surface area contributed by atoms with E-state index in [-0.39, 0.29) is 6.04 Å². The first-order valence-corrected chi connectivity index (χ1v) is 12.1. The Hall–Kier alpha value is -3.76. The fourth-order valence-corrected chi connectivity index (χ4v) is 4.84. The maximum atomic E-state index is 12.8. The zero-order valence-corrected chi connectivity index (χ0v) is 20.3. The van der Waals surface area contributed by atoms with Crippen molar-refractivity contribution in [3.8, 4) is 22.9 Å². The molecule has 2 aromatic carbocycles. The van der Waals surface area contributed by atoms with Gasteiger partial charge in [0.05, 0.1) is 24.0 Å². The molecule has 3 aliphatic heterocycles. The van der Waals surface area contributed by atoms with Crippen molar-refractivity contribution in [1.82, 2.24) is 19.9 Å². The summed E-state index contributed by atoms with van der Waals surface area (Å²) in [6, 6.07) is 11.4. The monoisotopic (exact) mass is 489 g/mol. The molecule has 10 heteroatoms. The molecule has 0 bridgehead atoms. The summed E-state index contributed by atoms with van der Waals surface area (Å²) in [4.78, 5) is 36.0. The van der Waals surface area contributed by atoms with Gasteiger partial charge in [0.1, 0.15) is 13.2 Å². The number of hydrogen-bond donors (Lipinski definition) is 0. The number of rotatable bonds is 5. The largest absolute Gasteiger partial charge is 0.486 e. The van der Waals surface area contributed by atoms with Crippen LogP contribution in [0.1, 0.15) is 34.8 Å². The fraction of sp³-hybridized carbons (Fsp3) is 0.385. The van der Waals surface area contributed by atoms with Crippen LogP contribution in [-0.4, -0.2) is 77.7 Å². The van der Waals surface area contributed by atoms with Crippen molar-refractivity contribution in [1.29, 1.82) is 0 Å². The Morgan fingerprint density at radius 3 is 2.39 bits per heavy atom. The average molecular weight is 490 g/mol. The summed E-state index contributed by atoms with van der Waals surface area (Å²) < 4.78 is 16.8. The van der Waals surface area contributed by atoms with E-state index in [1.54, 1.807) is 17.0 Å². The van der Waals surface area contributed by atoms with E-state index in [1.165, 1.54) is 5.56 Å². The molecule has 3 aromatic rings. The van der Waals surface area contributed by atoms with E-state index in [4.69, 9.17) is 14.0 Å². The summed E-state index contributed by atoms with van der Waals surface area (Å²) >= 11 is 0. The first-order valence-electron chi connectivity index (χ1n) is 12.1. The molecule has 186 valence electrons. The Morgan fingerprint density at radius 1 is 0.972 bits per heavy atom. The van der Waals surface area contributed by atoms with Crippen LogP contribution in [0.4, 0.5) is 5.69 Å². The topological polar surface area (TPSA) is 101 Å². The molecule has 1 aromatic heterocycles. The number of carbonyl (C=O) groups is 2. The molecule has 4 heterocycles. The summed E-state index contributed by atoms with van der Waals surface area (Å²) in [5.74, 6) is 1.23. The van der Waals surface area contributed by atoms with Gasteiger partial charge in [-0.05, 0) is 19.9 Å². The third-order valence-electron chi connectivity index (χ3n) is 7.04. The summed E-state index contributed by atoms with van der Waals surface area (Å²) in [5.41, 5.74) is 3.06. The van der Waals surface area contributed by atoms with Gasteiger partial charge in [-0.2, -0.15) is 4.98 Å². The number of piperazine rings is 1. The lowest BCUT2D eigenvalue weighted by atomic mass is 10.1. The van der Waals surface area contributed by atoms with Crippen LogP contribution in [0.3, 0.4) is 0 Å². The highest BCUT2D eigenvalue weighted by atomic mass is 16.6. The Balaban J connectivity index is 1.10. The van der Waals surface area contributed by atoms with Crippen LogP contribution in [0.5, 0.6) is 11.5 Å². The number of Topliss-reactive ketones (excluding diaryl/α,β-unsaturated/α-hetero) is 1. The molecule has 36 heavy (non-hydrogen) atoms. The fourth-order valence-electron chi connectivity index (χ4n) is 4.84. The smallest absolute Gasteiger partial charge is 0.300 e. The summed E-state index contributed by atoms with van der Waals surface area (Å²) in [6.07, 6.45) is 0. The van der Waals surface area contributed by atoms with Gasteiger partial charge in [-0.1, -0.05) is 35.0 Å². The SMILES string of the molecule is Cc1ccc(-c2noc([C@H](C)N3CCN(CN4C(=O)C(=O)c5cc6c(cc54)OCCO6)CC3)n2)cc1. The number of amides is 1. The van der Waals surface area contributed by atoms with E-state index in [0.717, 1.165) is 31.7 Å². The van der Waals surface area contributed by atoms with Crippen molar-refractivity contribution in [3.63, 3.8) is 0 Å². The highest BCUT2D eigenvalue weighted by molar-refractivity contribution is 6.52. The molecular formula is C26H27N5O5. The van der Waals surface area contributed by atoms with E-state index in [0.29, 0.717) is 54.3 Å². The third-order valence-corrected chi connectivity index (χ3v) is 7.04. The highest BCUT2D eigenvalue weighted by Crippen LogP contribution is 2.40. The molecule has 6 rings (SSSR count). The molecule has 0 aliphatic carbocycles. The summed E-state index contributed by atoms with van der Waals surface area (Å²) in [7, 11) is 0. The molecule has 1 fully saturated rings. The van der Waals surface area contributed by atoms with Crippen molar-refractivity contribution in [2.75, 3.05) is 51.0 Å². The maximum Gasteiger partial charge on any atom is 0.300 e. The Labute approximate surface area is 208 Å². The number of aryl methyl sites for hydroxylation is 1. The zero-order valence-electron chi connectivity index (χ0n) is 20.3. The van der Waals surface area contributed by atoms with Crippen molar-refractivity contribution in [2.45, 2.75) is 19.9 Å². The van der Waals surface area contributed by atoms with Crippen LogP contribution >= 0.6 is 0 Å². The van der Waals surface area contributed by atoms with Gasteiger partial charge in [-0.25, -0.2) is 0 Å². The molecule has 10 nitrogen and oxygen atoms in total. The van der Waals surface area contributed by atoms with Gasteiger partial charge in [0, 0.05) is 37.8 Å². The number of nitrogens with zero attached hydrogens (tertiary/aromatic N) is 5. The second-order valence-corrected chi connectivity index (χ2v) is 9.37. The van der Waals surface area contributed by atoms with Crippen molar-refractivity contribution < 1.29 is 23.6 Å². The maximum absolute atomic E-state index is 12.8. The van der Waals surface area contributed by atoms with Gasteiger partial charge in [0.15, 0.2) is 11.5 Å². The molecule has 0 saturated carbocycles. The second-order valence-electron chi connectivity index (χ2n) is 9.37. The van der Waals surface area contributed by atoms with Crippen LogP contribution in [0, 0.1) is 6.92 Å². The Bertz CT molecular complexity index is 1310. The number of ether oxygens (including phenoxy) is 2. The van der Waals surface area contributed by atoms with Crippen LogP contribution in [0.15, 0.2) is 40.9 Å². The average Bonchev–Trinajstić information content (AvgIpc) is 3.48. The van der Waals surface area contributed by atoms with Gasteiger partial charge >= 0.3 is 5.91 Å². The first kappa shape index (κ1) is 22.7. The van der Waals surface area contributed by atoms with E-state index >= 15 is 0 Å². The number of carbonyl (C=O) groups excluding carboxylic acids is 2. The van der Waals surface area contributed by atoms with Gasteiger partial charge in [-0.15, -0.1) is 0 Å². The molecule has 1 atom stereocenters. The third kappa shape index (κ3) is 4.02. The van der Waals surface area contributed by atoms with E-state index in [1.807, 2.05) is 31.2 Å². The van der Waals surface area contributed by atoms with Crippen LogP contribution in [0.25, 0.3) is 11.4 Å². The van der Waals surface area contributed by atoms with Crippen molar-refractivity contribution in [2.24, 2.45) is 0 Å². The zero-order chi connectivity index (χ0) is 24.8. The predicted octanol–water partition coefficient (Wildman–Crippen LogP) is 2.68. The minimum atomic E-state index is -0.516. The van der Waals surface area contributed by atoms with Crippen LogP contribution in [0.2, 0.25) is 0 Å². The van der Waals surface area contributed by atoms with Crippen LogP contribution < -0.4 is 14.4 Å². The molecule has 0 radical (unpaired) electrons. The molecular weight excluding hydrogens is 462 g/mol. The Kier molecular flexibility index (Phi) is 5.69. The van der Waals surface area contributed by atoms with E-state index in [2.05, 4.69) is 26.9 Å². The molecule has 0 unspecified atom stereocenters. The standard InChI is InChI=1S/C26H27N5O5/c1-16-3-5-18(6-4-16)24-27-25(36-28-24)17(2)30-9-7-29(8-10-30)15-31-20-14-22-21(34-11-12-35-22)13-19(20)23(32)26(31)33/h3-6,13-14,17H,7-12,15H2,1-2H3/t17-/m0/s1. The molecule has 1 saturated heterocycles. The number of aromatic nitrogens is 2. The quantitative estimate of drug-likeness (QED) is 0.501. The summed E-state index contributed by atoms with van der Waals surface area (Å²) in [5, 5.41) is 4.16. The van der Waals surface area contributed by atoms with Gasteiger partial charge in [0.2, 0.25) is 11.7 Å². The molecule has 0 spiro atoms. The lowest BCUT2D eigenvalue weighted by molar-refractivity contribution is -0.114. The Morgan fingerprint density at radius 2 is 1.67 bits per heavy atom. The number of hydrogen-bond acceptors (Lipinski definition) is 9. The molecule has 0 N–H and O–H groups in total.